The summed E-state index contributed by atoms with van der Waals surface area (Å²) in [5.41, 5.74) is -1.40. The Kier molecular flexibility index (Phi) is 6.44. The molecule has 2 N–H and O–H groups in total. The molecule has 33 heavy (non-hydrogen) atoms. The molecule has 2 heterocycles. The molecule has 1 aromatic carbocycles. The number of allylic oxidation sites excluding steroid dienone is 1. The highest BCUT2D eigenvalue weighted by Gasteiger charge is 2.44. The molecule has 2 aliphatic heterocycles. The van der Waals surface area contributed by atoms with Gasteiger partial charge in [-0.3, -0.25) is 9.80 Å². The van der Waals surface area contributed by atoms with Gasteiger partial charge in [-0.25, -0.2) is 4.79 Å². The van der Waals surface area contributed by atoms with Crippen molar-refractivity contribution < 1.29 is 27.9 Å². The number of hydrazone groups is 1. The maximum Gasteiger partial charge on any atom is 0.416 e. The maximum absolute atomic E-state index is 13.4. The van der Waals surface area contributed by atoms with Gasteiger partial charge in [0.2, 0.25) is 0 Å². The first-order valence-electron chi connectivity index (χ1n) is 10.2. The van der Waals surface area contributed by atoms with Gasteiger partial charge in [-0.15, -0.1) is 0 Å². The molecule has 3 rings (SSSR count). The maximum atomic E-state index is 13.4. The summed E-state index contributed by atoms with van der Waals surface area (Å²) in [6.45, 7) is 4.16. The number of hydrogen-bond acceptors (Lipinski definition) is 5. The molecule has 1 saturated heterocycles. The molecule has 11 heteroatoms. The Balaban J connectivity index is 2.04. The Labute approximate surface area is 189 Å². The van der Waals surface area contributed by atoms with E-state index in [1.54, 1.807) is 25.1 Å². The smallest absolute Gasteiger partial charge is 0.416 e. The van der Waals surface area contributed by atoms with E-state index >= 15 is 0 Å². The lowest BCUT2D eigenvalue weighted by Gasteiger charge is -2.35. The summed E-state index contributed by atoms with van der Waals surface area (Å²) >= 11 is 0. The minimum absolute atomic E-state index is 0.0311. The van der Waals surface area contributed by atoms with Crippen LogP contribution in [0.1, 0.15) is 17.5 Å². The monoisotopic (exact) mass is 465 g/mol. The number of aliphatic hydroxyl groups is 1. The molecule has 8 nitrogen and oxygen atoms in total. The SMILES string of the molecule is C=C1C(O)=CN(CC2(c3cccc(C(F)(F)F)c3)CCN(C(=O)N(C)C)C2)N=C1C(=O)NC. The van der Waals surface area contributed by atoms with Crippen molar-refractivity contribution in [2.24, 2.45) is 5.10 Å². The van der Waals surface area contributed by atoms with E-state index in [-0.39, 0.29) is 36.2 Å². The average Bonchev–Trinajstić information content (AvgIpc) is 3.19. The van der Waals surface area contributed by atoms with Gasteiger partial charge in [-0.05, 0) is 18.1 Å². The third-order valence-electron chi connectivity index (χ3n) is 5.81. The number of amides is 3. The molecule has 1 atom stereocenters. The second-order valence-corrected chi connectivity index (χ2v) is 8.33. The highest BCUT2D eigenvalue weighted by Crippen LogP contribution is 2.39. The number of likely N-dealkylation sites (tertiary alicyclic amines) is 1. The molecule has 0 aliphatic carbocycles. The number of nitrogens with one attached hydrogen (secondary N) is 1. The number of nitrogens with zero attached hydrogens (tertiary/aromatic N) is 4. The van der Waals surface area contributed by atoms with Gasteiger partial charge in [0.1, 0.15) is 5.76 Å². The zero-order valence-corrected chi connectivity index (χ0v) is 18.6. The number of rotatable bonds is 4. The summed E-state index contributed by atoms with van der Waals surface area (Å²) in [5.74, 6) is -0.837. The van der Waals surface area contributed by atoms with E-state index in [0.717, 1.165) is 12.1 Å². The van der Waals surface area contributed by atoms with Crippen LogP contribution in [-0.4, -0.2) is 78.3 Å². The van der Waals surface area contributed by atoms with Crippen LogP contribution in [0.2, 0.25) is 0 Å². The van der Waals surface area contributed by atoms with Crippen molar-refractivity contribution in [3.63, 3.8) is 0 Å². The fourth-order valence-electron chi connectivity index (χ4n) is 4.05. The zero-order chi connectivity index (χ0) is 24.6. The molecule has 0 bridgehead atoms. The van der Waals surface area contributed by atoms with Crippen molar-refractivity contribution in [2.75, 3.05) is 40.8 Å². The number of benzene rings is 1. The Morgan fingerprint density at radius 2 is 2.03 bits per heavy atom. The number of halogens is 3. The molecule has 1 aromatic rings. The van der Waals surface area contributed by atoms with E-state index in [2.05, 4.69) is 17.0 Å². The number of aliphatic hydroxyl groups excluding tert-OH is 1. The summed E-state index contributed by atoms with van der Waals surface area (Å²) in [6, 6.07) is 4.74. The molecule has 0 spiro atoms. The lowest BCUT2D eigenvalue weighted by atomic mass is 9.78. The zero-order valence-electron chi connectivity index (χ0n) is 18.6. The van der Waals surface area contributed by atoms with Gasteiger partial charge in [-0.1, -0.05) is 24.8 Å². The van der Waals surface area contributed by atoms with Gasteiger partial charge in [0.05, 0.1) is 18.3 Å². The normalized spacial score (nSPS) is 21.0. The minimum Gasteiger partial charge on any atom is -0.506 e. The van der Waals surface area contributed by atoms with Gasteiger partial charge in [0, 0.05) is 45.2 Å². The Bertz CT molecular complexity index is 1030. The molecule has 3 amide bonds. The largest absolute Gasteiger partial charge is 0.506 e. The molecular weight excluding hydrogens is 439 g/mol. The molecule has 0 aromatic heterocycles. The predicted molar refractivity (Wildman–Crippen MR) is 116 cm³/mol. The van der Waals surface area contributed by atoms with E-state index in [1.807, 2.05) is 0 Å². The van der Waals surface area contributed by atoms with E-state index in [9.17, 15) is 27.9 Å². The van der Waals surface area contributed by atoms with Crippen molar-refractivity contribution in [1.29, 1.82) is 0 Å². The van der Waals surface area contributed by atoms with E-state index in [1.165, 1.54) is 29.2 Å². The van der Waals surface area contributed by atoms with Crippen LogP contribution in [0.4, 0.5) is 18.0 Å². The van der Waals surface area contributed by atoms with Crippen LogP contribution in [0, 0.1) is 0 Å². The summed E-state index contributed by atoms with van der Waals surface area (Å²) in [7, 11) is 4.61. The highest BCUT2D eigenvalue weighted by molar-refractivity contribution is 6.46. The first-order chi connectivity index (χ1) is 15.4. The first kappa shape index (κ1) is 24.1. The van der Waals surface area contributed by atoms with E-state index < -0.39 is 23.1 Å². The topological polar surface area (TPSA) is 88.5 Å². The van der Waals surface area contributed by atoms with Gasteiger partial charge < -0.3 is 20.2 Å². The summed E-state index contributed by atoms with van der Waals surface area (Å²) in [4.78, 5) is 27.7. The van der Waals surface area contributed by atoms with Crippen molar-refractivity contribution in [1.82, 2.24) is 20.1 Å². The Hall–Kier alpha value is -3.50. The quantitative estimate of drug-likeness (QED) is 0.716. The summed E-state index contributed by atoms with van der Waals surface area (Å²) < 4.78 is 40.3. The standard InChI is InChI=1S/C22H26F3N5O3/c1-14-17(31)11-30(27-18(14)19(32)26-2)13-21(8-9-29(12-21)20(33)28(3)4)15-6-5-7-16(10-15)22(23,24)25/h5-7,10-11,31H,1,8-9,12-13H2,2-4H3,(H,26,32). The molecule has 1 unspecified atom stereocenters. The second kappa shape index (κ2) is 8.80. The third-order valence-corrected chi connectivity index (χ3v) is 5.81. The first-order valence-corrected chi connectivity index (χ1v) is 10.2. The Morgan fingerprint density at radius 1 is 1.33 bits per heavy atom. The van der Waals surface area contributed by atoms with Crippen LogP contribution in [0.15, 0.2) is 53.5 Å². The average molecular weight is 465 g/mol. The predicted octanol–water partition coefficient (Wildman–Crippen LogP) is 2.70. The number of carbonyl (C=O) groups is 2. The van der Waals surface area contributed by atoms with Crippen LogP contribution < -0.4 is 5.32 Å². The molecule has 0 radical (unpaired) electrons. The number of alkyl halides is 3. The lowest BCUT2D eigenvalue weighted by molar-refractivity contribution is -0.137. The number of carbonyl (C=O) groups excluding carboxylic acids is 2. The summed E-state index contributed by atoms with van der Waals surface area (Å²) in [5, 5.41) is 18.3. The fraction of sp³-hybridized carbons (Fsp3) is 0.409. The van der Waals surface area contributed by atoms with Crippen molar-refractivity contribution in [2.45, 2.75) is 18.0 Å². The lowest BCUT2D eigenvalue weighted by Crippen LogP contribution is -2.44. The highest BCUT2D eigenvalue weighted by atomic mass is 19.4. The van der Waals surface area contributed by atoms with Crippen LogP contribution in [-0.2, 0) is 16.4 Å². The van der Waals surface area contributed by atoms with Crippen molar-refractivity contribution in [3.8, 4) is 0 Å². The molecule has 178 valence electrons. The Morgan fingerprint density at radius 3 is 2.64 bits per heavy atom. The van der Waals surface area contributed by atoms with Gasteiger partial charge in [0.15, 0.2) is 5.71 Å². The third kappa shape index (κ3) is 4.81. The van der Waals surface area contributed by atoms with Crippen molar-refractivity contribution in [3.05, 3.63) is 59.5 Å². The van der Waals surface area contributed by atoms with Crippen LogP contribution in [0.25, 0.3) is 0 Å². The van der Waals surface area contributed by atoms with Crippen molar-refractivity contribution >= 4 is 17.6 Å². The number of urea groups is 1. The second-order valence-electron chi connectivity index (χ2n) is 8.33. The minimum atomic E-state index is -4.53. The molecule has 0 saturated carbocycles. The van der Waals surface area contributed by atoms with E-state index in [4.69, 9.17) is 0 Å². The molecular formula is C22H26F3N5O3. The van der Waals surface area contributed by atoms with Crippen LogP contribution in [0.5, 0.6) is 0 Å². The van der Waals surface area contributed by atoms with Crippen LogP contribution >= 0.6 is 0 Å². The van der Waals surface area contributed by atoms with Crippen LogP contribution in [0.3, 0.4) is 0 Å². The van der Waals surface area contributed by atoms with Gasteiger partial charge in [-0.2, -0.15) is 18.3 Å². The molecule has 2 aliphatic rings. The number of hydrogen-bond donors (Lipinski definition) is 2. The summed E-state index contributed by atoms with van der Waals surface area (Å²) in [6.07, 6.45) is -2.88. The molecule has 1 fully saturated rings. The fourth-order valence-corrected chi connectivity index (χ4v) is 4.05. The van der Waals surface area contributed by atoms with Gasteiger partial charge in [0.25, 0.3) is 5.91 Å². The van der Waals surface area contributed by atoms with E-state index in [0.29, 0.717) is 18.5 Å². The van der Waals surface area contributed by atoms with Gasteiger partial charge >= 0.3 is 12.2 Å².